The Bertz CT molecular complexity index is 472. The number of ether oxygens (including phenoxy) is 1. The third-order valence-corrected chi connectivity index (χ3v) is 3.50. The number of methoxy groups -OCH3 is 1. The van der Waals surface area contributed by atoms with E-state index < -0.39 is 0 Å². The van der Waals surface area contributed by atoms with Crippen LogP contribution in [0.3, 0.4) is 0 Å². The highest BCUT2D eigenvalue weighted by Gasteiger charge is 2.24. The van der Waals surface area contributed by atoms with Crippen LogP contribution in [0.2, 0.25) is 0 Å². The lowest BCUT2D eigenvalue weighted by molar-refractivity contribution is -0.133. The highest BCUT2D eigenvalue weighted by atomic mass is 16.5. The van der Waals surface area contributed by atoms with Crippen molar-refractivity contribution in [2.75, 3.05) is 26.8 Å². The summed E-state index contributed by atoms with van der Waals surface area (Å²) < 4.78 is 4.91. The van der Waals surface area contributed by atoms with Gasteiger partial charge in [0.1, 0.15) is 5.69 Å². The topological polar surface area (TPSA) is 84.4 Å². The van der Waals surface area contributed by atoms with Crippen LogP contribution in [0, 0.1) is 0 Å². The lowest BCUT2D eigenvalue weighted by Crippen LogP contribution is -2.46. The number of hydrogen-bond donors (Lipinski definition) is 1. The smallest absolute Gasteiger partial charge is 0.271 e. The highest BCUT2D eigenvalue weighted by Crippen LogP contribution is 2.12. The van der Waals surface area contributed by atoms with E-state index in [-0.39, 0.29) is 17.9 Å². The fraction of sp³-hybridized carbons (Fsp3) is 0.571. The normalized spacial score (nSPS) is 15.8. The molecule has 21 heavy (non-hydrogen) atoms. The number of carbonyl (C=O) groups is 2. The van der Waals surface area contributed by atoms with E-state index in [0.717, 1.165) is 12.8 Å². The molecule has 0 bridgehead atoms. The molecular weight excluding hydrogens is 272 g/mol. The molecule has 7 heteroatoms. The van der Waals surface area contributed by atoms with E-state index in [1.165, 1.54) is 18.6 Å². The van der Waals surface area contributed by atoms with Crippen molar-refractivity contribution < 1.29 is 14.3 Å². The van der Waals surface area contributed by atoms with Gasteiger partial charge in [0.15, 0.2) is 0 Å². The number of aromatic nitrogens is 2. The van der Waals surface area contributed by atoms with Gasteiger partial charge in [-0.2, -0.15) is 0 Å². The first kappa shape index (κ1) is 15.4. The van der Waals surface area contributed by atoms with E-state index in [4.69, 9.17) is 4.74 Å². The van der Waals surface area contributed by atoms with Crippen molar-refractivity contribution in [2.24, 2.45) is 0 Å². The van der Waals surface area contributed by atoms with Crippen LogP contribution in [0.4, 0.5) is 0 Å². The highest BCUT2D eigenvalue weighted by molar-refractivity contribution is 5.92. The van der Waals surface area contributed by atoms with Gasteiger partial charge in [0.2, 0.25) is 5.91 Å². The SMILES string of the molecule is COCCC(=O)N1CCC(NC(=O)c2cnccn2)CC1. The molecule has 1 aliphatic rings. The van der Waals surface area contributed by atoms with Gasteiger partial charge in [0.05, 0.1) is 19.2 Å². The maximum atomic E-state index is 12.0. The number of carbonyl (C=O) groups excluding carboxylic acids is 2. The number of likely N-dealkylation sites (tertiary alicyclic amines) is 1. The Morgan fingerprint density at radius 1 is 1.38 bits per heavy atom. The lowest BCUT2D eigenvalue weighted by Gasteiger charge is -2.32. The first-order valence-electron chi connectivity index (χ1n) is 7.04. The van der Waals surface area contributed by atoms with Gasteiger partial charge < -0.3 is 15.0 Å². The number of nitrogens with zero attached hydrogens (tertiary/aromatic N) is 3. The molecule has 0 radical (unpaired) electrons. The van der Waals surface area contributed by atoms with E-state index in [1.54, 1.807) is 7.11 Å². The monoisotopic (exact) mass is 292 g/mol. The van der Waals surface area contributed by atoms with Crippen LogP contribution in [-0.2, 0) is 9.53 Å². The molecule has 1 saturated heterocycles. The summed E-state index contributed by atoms with van der Waals surface area (Å²) in [5.74, 6) is -0.109. The second kappa shape index (κ2) is 7.68. The van der Waals surface area contributed by atoms with Crippen LogP contribution in [0.25, 0.3) is 0 Å². The first-order chi connectivity index (χ1) is 10.2. The Hall–Kier alpha value is -2.02. The van der Waals surface area contributed by atoms with Crippen molar-refractivity contribution in [3.63, 3.8) is 0 Å². The molecule has 2 heterocycles. The minimum atomic E-state index is -0.216. The van der Waals surface area contributed by atoms with Crippen molar-refractivity contribution in [1.82, 2.24) is 20.2 Å². The zero-order valence-electron chi connectivity index (χ0n) is 12.1. The van der Waals surface area contributed by atoms with Crippen LogP contribution in [-0.4, -0.2) is 59.5 Å². The minimum absolute atomic E-state index is 0.0750. The summed E-state index contributed by atoms with van der Waals surface area (Å²) >= 11 is 0. The van der Waals surface area contributed by atoms with Crippen LogP contribution in [0.1, 0.15) is 29.8 Å². The predicted octanol–water partition coefficient (Wildman–Crippen LogP) is 0.234. The first-order valence-corrected chi connectivity index (χ1v) is 7.04. The molecule has 0 aliphatic carbocycles. The summed E-state index contributed by atoms with van der Waals surface area (Å²) in [6.45, 7) is 1.77. The van der Waals surface area contributed by atoms with Gasteiger partial charge in [0, 0.05) is 38.6 Å². The van der Waals surface area contributed by atoms with E-state index in [2.05, 4.69) is 15.3 Å². The van der Waals surface area contributed by atoms with Crippen LogP contribution in [0.15, 0.2) is 18.6 Å². The molecule has 1 N–H and O–H groups in total. The Morgan fingerprint density at radius 2 is 2.14 bits per heavy atom. The van der Waals surface area contributed by atoms with E-state index in [9.17, 15) is 9.59 Å². The average Bonchev–Trinajstić information content (AvgIpc) is 2.54. The average molecular weight is 292 g/mol. The molecule has 0 spiro atoms. The van der Waals surface area contributed by atoms with Crippen LogP contribution in [0.5, 0.6) is 0 Å². The van der Waals surface area contributed by atoms with Gasteiger partial charge in [-0.1, -0.05) is 0 Å². The number of rotatable bonds is 5. The molecule has 1 fully saturated rings. The van der Waals surface area contributed by atoms with Gasteiger partial charge in [-0.25, -0.2) is 4.98 Å². The van der Waals surface area contributed by atoms with Crippen molar-refractivity contribution in [3.8, 4) is 0 Å². The molecule has 0 aromatic carbocycles. The van der Waals surface area contributed by atoms with Gasteiger partial charge >= 0.3 is 0 Å². The Kier molecular flexibility index (Phi) is 5.62. The fourth-order valence-corrected chi connectivity index (χ4v) is 2.30. The summed E-state index contributed by atoms with van der Waals surface area (Å²) in [4.78, 5) is 33.5. The zero-order valence-corrected chi connectivity index (χ0v) is 12.1. The minimum Gasteiger partial charge on any atom is -0.384 e. The third-order valence-electron chi connectivity index (χ3n) is 3.50. The summed E-state index contributed by atoms with van der Waals surface area (Å²) in [6.07, 6.45) is 6.38. The van der Waals surface area contributed by atoms with Gasteiger partial charge in [-0.15, -0.1) is 0 Å². The second-order valence-electron chi connectivity index (χ2n) is 4.96. The molecule has 1 aromatic rings. The lowest BCUT2D eigenvalue weighted by atomic mass is 10.0. The molecule has 0 saturated carbocycles. The molecule has 2 rings (SSSR count). The van der Waals surface area contributed by atoms with Gasteiger partial charge in [-0.05, 0) is 12.8 Å². The largest absolute Gasteiger partial charge is 0.384 e. The van der Waals surface area contributed by atoms with E-state index in [1.807, 2.05) is 4.90 Å². The van der Waals surface area contributed by atoms with Crippen LogP contribution < -0.4 is 5.32 Å². The van der Waals surface area contributed by atoms with Crippen molar-refractivity contribution in [2.45, 2.75) is 25.3 Å². The predicted molar refractivity (Wildman–Crippen MR) is 75.6 cm³/mol. The van der Waals surface area contributed by atoms with Crippen molar-refractivity contribution in [1.29, 1.82) is 0 Å². The van der Waals surface area contributed by atoms with Gasteiger partial charge in [0.25, 0.3) is 5.91 Å². The summed E-state index contributed by atoms with van der Waals surface area (Å²) in [5.41, 5.74) is 0.316. The molecule has 1 aliphatic heterocycles. The van der Waals surface area contributed by atoms with Crippen molar-refractivity contribution >= 4 is 11.8 Å². The Balaban J connectivity index is 1.77. The number of amides is 2. The third kappa shape index (κ3) is 4.49. The molecule has 1 aromatic heterocycles. The van der Waals surface area contributed by atoms with Crippen molar-refractivity contribution in [3.05, 3.63) is 24.3 Å². The van der Waals surface area contributed by atoms with E-state index in [0.29, 0.717) is 31.8 Å². The zero-order chi connectivity index (χ0) is 15.1. The number of nitrogens with one attached hydrogen (secondary N) is 1. The molecule has 0 unspecified atom stereocenters. The van der Waals surface area contributed by atoms with E-state index >= 15 is 0 Å². The number of hydrogen-bond acceptors (Lipinski definition) is 5. The second-order valence-corrected chi connectivity index (χ2v) is 4.96. The Morgan fingerprint density at radius 3 is 2.76 bits per heavy atom. The van der Waals surface area contributed by atoms with Crippen LogP contribution >= 0.6 is 0 Å². The standard InChI is InChI=1S/C14H20N4O3/c1-21-9-4-13(19)18-7-2-11(3-8-18)17-14(20)12-10-15-5-6-16-12/h5-6,10-11H,2-4,7-9H2,1H3,(H,17,20). The molecule has 114 valence electrons. The molecule has 7 nitrogen and oxygen atoms in total. The summed E-state index contributed by atoms with van der Waals surface area (Å²) in [7, 11) is 1.58. The fourth-order valence-electron chi connectivity index (χ4n) is 2.30. The summed E-state index contributed by atoms with van der Waals surface area (Å²) in [5, 5.41) is 2.93. The summed E-state index contributed by atoms with van der Waals surface area (Å²) in [6, 6.07) is 0.0750. The van der Waals surface area contributed by atoms with Gasteiger partial charge in [-0.3, -0.25) is 14.6 Å². The molecular formula is C14H20N4O3. The molecule has 0 atom stereocenters. The maximum absolute atomic E-state index is 12.0. The number of piperidine rings is 1. The quantitative estimate of drug-likeness (QED) is 0.840. The molecule has 2 amide bonds. The maximum Gasteiger partial charge on any atom is 0.271 e. The Labute approximate surface area is 123 Å².